The number of carboxylic acid groups (broad SMARTS) is 1. The lowest BCUT2D eigenvalue weighted by atomic mass is 9.63. The first kappa shape index (κ1) is 17.0. The molecule has 0 spiro atoms. The van der Waals surface area contributed by atoms with Gasteiger partial charge in [-0.15, -0.1) is 0 Å². The summed E-state index contributed by atoms with van der Waals surface area (Å²) in [5.74, 6) is -0.744. The van der Waals surface area contributed by atoms with E-state index in [1.807, 2.05) is 35.2 Å². The highest BCUT2D eigenvalue weighted by atomic mass is 16.4. The van der Waals surface area contributed by atoms with Crippen molar-refractivity contribution < 1.29 is 14.7 Å². The Morgan fingerprint density at radius 2 is 1.88 bits per heavy atom. The van der Waals surface area contributed by atoms with Crippen LogP contribution in [0.5, 0.6) is 0 Å². The molecule has 1 aromatic carbocycles. The average molecular weight is 329 g/mol. The van der Waals surface area contributed by atoms with E-state index in [4.69, 9.17) is 0 Å². The van der Waals surface area contributed by atoms with Crippen LogP contribution in [0.3, 0.4) is 0 Å². The van der Waals surface area contributed by atoms with Gasteiger partial charge in [-0.05, 0) is 30.7 Å². The van der Waals surface area contributed by atoms with Crippen molar-refractivity contribution in [1.82, 2.24) is 4.90 Å². The summed E-state index contributed by atoms with van der Waals surface area (Å²) >= 11 is 0. The third-order valence-corrected chi connectivity index (χ3v) is 5.72. The van der Waals surface area contributed by atoms with Crippen molar-refractivity contribution >= 4 is 11.9 Å². The highest BCUT2D eigenvalue weighted by Gasteiger charge is 2.50. The van der Waals surface area contributed by atoms with E-state index in [9.17, 15) is 14.7 Å². The van der Waals surface area contributed by atoms with Gasteiger partial charge in [0.15, 0.2) is 0 Å². The van der Waals surface area contributed by atoms with E-state index in [-0.39, 0.29) is 17.2 Å². The van der Waals surface area contributed by atoms with Crippen LogP contribution in [0.2, 0.25) is 0 Å². The number of likely N-dealkylation sites (tertiary alicyclic amines) is 1. The number of rotatable bonds is 5. The standard InChI is InChI=1S/C20H27NO3/c1-14(2)11-20(9-6-10-20)19(24)21-12-16(17(13-21)18(22)23)15-7-4-3-5-8-15/h3-5,7-8,14,16-17H,6,9-13H2,1-2H3,(H,22,23). The molecule has 2 aliphatic rings. The van der Waals surface area contributed by atoms with E-state index < -0.39 is 11.9 Å². The summed E-state index contributed by atoms with van der Waals surface area (Å²) < 4.78 is 0. The van der Waals surface area contributed by atoms with Crippen molar-refractivity contribution in [3.63, 3.8) is 0 Å². The highest BCUT2D eigenvalue weighted by molar-refractivity contribution is 5.85. The first-order chi connectivity index (χ1) is 11.4. The summed E-state index contributed by atoms with van der Waals surface area (Å²) in [6.45, 7) is 5.18. The molecule has 0 aromatic heterocycles. The Kier molecular flexibility index (Phi) is 4.66. The fourth-order valence-corrected chi connectivity index (χ4v) is 4.48. The fraction of sp³-hybridized carbons (Fsp3) is 0.600. The summed E-state index contributed by atoms with van der Waals surface area (Å²) in [7, 11) is 0. The normalized spacial score (nSPS) is 25.5. The smallest absolute Gasteiger partial charge is 0.308 e. The molecule has 0 bridgehead atoms. The van der Waals surface area contributed by atoms with Gasteiger partial charge in [0, 0.05) is 24.4 Å². The molecule has 1 amide bonds. The SMILES string of the molecule is CC(C)CC1(C(=O)N2CC(C(=O)O)C(c3ccccc3)C2)CCC1. The number of benzene rings is 1. The first-order valence-corrected chi connectivity index (χ1v) is 9.00. The van der Waals surface area contributed by atoms with Crippen LogP contribution in [0.1, 0.15) is 51.0 Å². The number of carboxylic acids is 1. The number of carbonyl (C=O) groups excluding carboxylic acids is 1. The molecular formula is C20H27NO3. The lowest BCUT2D eigenvalue weighted by molar-refractivity contribution is -0.148. The molecule has 1 aliphatic heterocycles. The third-order valence-electron chi connectivity index (χ3n) is 5.72. The van der Waals surface area contributed by atoms with Crippen molar-refractivity contribution in [3.05, 3.63) is 35.9 Å². The van der Waals surface area contributed by atoms with E-state index in [1.54, 1.807) is 0 Å². The number of hydrogen-bond donors (Lipinski definition) is 1. The van der Waals surface area contributed by atoms with E-state index in [0.717, 1.165) is 31.2 Å². The second-order valence-electron chi connectivity index (χ2n) is 7.90. The fourth-order valence-electron chi connectivity index (χ4n) is 4.48. The van der Waals surface area contributed by atoms with Crippen LogP contribution in [0.4, 0.5) is 0 Å². The molecule has 0 radical (unpaired) electrons. The van der Waals surface area contributed by atoms with Gasteiger partial charge in [0.1, 0.15) is 0 Å². The largest absolute Gasteiger partial charge is 0.481 e. The molecule has 2 fully saturated rings. The number of nitrogens with zero attached hydrogens (tertiary/aromatic N) is 1. The molecule has 24 heavy (non-hydrogen) atoms. The van der Waals surface area contributed by atoms with E-state index >= 15 is 0 Å². The molecular weight excluding hydrogens is 302 g/mol. The van der Waals surface area contributed by atoms with Crippen LogP contribution in [-0.4, -0.2) is 35.0 Å². The zero-order valence-electron chi connectivity index (χ0n) is 14.6. The summed E-state index contributed by atoms with van der Waals surface area (Å²) in [6, 6.07) is 9.75. The van der Waals surface area contributed by atoms with Crippen LogP contribution in [-0.2, 0) is 9.59 Å². The molecule has 1 heterocycles. The lowest BCUT2D eigenvalue weighted by Crippen LogP contribution is -2.48. The predicted octanol–water partition coefficient (Wildman–Crippen LogP) is 3.53. The molecule has 3 rings (SSSR count). The summed E-state index contributed by atoms with van der Waals surface area (Å²) in [4.78, 5) is 26.7. The second-order valence-corrected chi connectivity index (χ2v) is 7.90. The Bertz CT molecular complexity index is 607. The van der Waals surface area contributed by atoms with Crippen molar-refractivity contribution in [2.24, 2.45) is 17.3 Å². The molecule has 1 saturated heterocycles. The van der Waals surface area contributed by atoms with Gasteiger partial charge in [-0.25, -0.2) is 0 Å². The van der Waals surface area contributed by atoms with Gasteiger partial charge >= 0.3 is 5.97 Å². The minimum Gasteiger partial charge on any atom is -0.481 e. The van der Waals surface area contributed by atoms with Gasteiger partial charge in [-0.1, -0.05) is 50.6 Å². The summed E-state index contributed by atoms with van der Waals surface area (Å²) in [5.41, 5.74) is 0.787. The van der Waals surface area contributed by atoms with E-state index in [0.29, 0.717) is 19.0 Å². The van der Waals surface area contributed by atoms with Crippen molar-refractivity contribution in [3.8, 4) is 0 Å². The maximum atomic E-state index is 13.2. The van der Waals surface area contributed by atoms with Gasteiger partial charge < -0.3 is 10.0 Å². The highest BCUT2D eigenvalue weighted by Crippen LogP contribution is 2.48. The first-order valence-electron chi connectivity index (χ1n) is 9.00. The topological polar surface area (TPSA) is 57.6 Å². The second kappa shape index (κ2) is 6.58. The molecule has 4 nitrogen and oxygen atoms in total. The van der Waals surface area contributed by atoms with Crippen LogP contribution in [0, 0.1) is 17.3 Å². The molecule has 4 heteroatoms. The quantitative estimate of drug-likeness (QED) is 0.899. The Labute approximate surface area is 143 Å². The van der Waals surface area contributed by atoms with Gasteiger partial charge in [0.05, 0.1) is 5.92 Å². The zero-order chi connectivity index (χ0) is 17.3. The van der Waals surface area contributed by atoms with Crippen molar-refractivity contribution in [2.75, 3.05) is 13.1 Å². The van der Waals surface area contributed by atoms with Crippen LogP contribution < -0.4 is 0 Å². The Hall–Kier alpha value is -1.84. The number of aliphatic carboxylic acids is 1. The monoisotopic (exact) mass is 329 g/mol. The summed E-state index contributed by atoms with van der Waals surface area (Å²) in [6.07, 6.45) is 3.93. The molecule has 1 aromatic rings. The van der Waals surface area contributed by atoms with Gasteiger partial charge in [-0.3, -0.25) is 9.59 Å². The van der Waals surface area contributed by atoms with E-state index in [1.165, 1.54) is 0 Å². The van der Waals surface area contributed by atoms with Gasteiger partial charge in [-0.2, -0.15) is 0 Å². The molecule has 2 atom stereocenters. The Morgan fingerprint density at radius 1 is 1.21 bits per heavy atom. The molecule has 130 valence electrons. The minimum absolute atomic E-state index is 0.108. The number of amides is 1. The van der Waals surface area contributed by atoms with E-state index in [2.05, 4.69) is 13.8 Å². The Balaban J connectivity index is 1.80. The predicted molar refractivity (Wildman–Crippen MR) is 92.6 cm³/mol. The maximum Gasteiger partial charge on any atom is 0.308 e. The minimum atomic E-state index is -0.800. The van der Waals surface area contributed by atoms with Crippen LogP contribution in [0.25, 0.3) is 0 Å². The average Bonchev–Trinajstić information content (AvgIpc) is 2.96. The number of hydrogen-bond acceptors (Lipinski definition) is 2. The molecule has 2 unspecified atom stereocenters. The van der Waals surface area contributed by atoms with Gasteiger partial charge in [0.2, 0.25) is 5.91 Å². The lowest BCUT2D eigenvalue weighted by Gasteiger charge is -2.44. The third kappa shape index (κ3) is 3.06. The van der Waals surface area contributed by atoms with Crippen LogP contribution in [0.15, 0.2) is 30.3 Å². The molecule has 1 saturated carbocycles. The zero-order valence-corrected chi connectivity index (χ0v) is 14.6. The number of carbonyl (C=O) groups is 2. The van der Waals surface area contributed by atoms with Crippen molar-refractivity contribution in [1.29, 1.82) is 0 Å². The van der Waals surface area contributed by atoms with Gasteiger partial charge in [0.25, 0.3) is 0 Å². The Morgan fingerprint density at radius 3 is 2.38 bits per heavy atom. The summed E-state index contributed by atoms with van der Waals surface area (Å²) in [5, 5.41) is 9.63. The molecule has 1 N–H and O–H groups in total. The van der Waals surface area contributed by atoms with Crippen molar-refractivity contribution in [2.45, 2.75) is 45.4 Å². The molecule has 1 aliphatic carbocycles. The van der Waals surface area contributed by atoms with Crippen LogP contribution >= 0.6 is 0 Å². The maximum absolute atomic E-state index is 13.2.